The van der Waals surface area contributed by atoms with Gasteiger partial charge >= 0.3 is 0 Å². The van der Waals surface area contributed by atoms with Crippen molar-refractivity contribution in [1.29, 1.82) is 0 Å². The Hall–Kier alpha value is -3.88. The first-order chi connectivity index (χ1) is 17.3. The van der Waals surface area contributed by atoms with Gasteiger partial charge in [0.2, 0.25) is 10.0 Å². The highest BCUT2D eigenvalue weighted by atomic mass is 32.2. The van der Waals surface area contributed by atoms with Crippen molar-refractivity contribution in [2.45, 2.75) is 30.7 Å². The molecule has 0 aliphatic carbocycles. The van der Waals surface area contributed by atoms with Crippen molar-refractivity contribution < 1.29 is 13.2 Å². The fourth-order valence-electron chi connectivity index (χ4n) is 5.26. The summed E-state index contributed by atoms with van der Waals surface area (Å²) in [4.78, 5) is 20.0. The summed E-state index contributed by atoms with van der Waals surface area (Å²) in [7, 11) is -3.86. The van der Waals surface area contributed by atoms with E-state index >= 15 is 0 Å². The Morgan fingerprint density at radius 2 is 1.64 bits per heavy atom. The van der Waals surface area contributed by atoms with E-state index in [-0.39, 0.29) is 17.3 Å². The molecule has 3 heterocycles. The standard InChI is InChI=1S/C28H26N4O3S/c1-16-7-10-18(11-8-16)36(34,35)32-24-15-30-28(33)27-26(19-5-3-4-6-23(19)31-27)25(24)21-14-29-22-12-9-17(2)13-20(21)22/h3-14,24-25,29,31-32H,15H2,1-2H3,(H,30,33)/t24-,25+/m0/s1. The fraction of sp³-hybridized carbons (Fsp3) is 0.179. The number of carbonyl (C=O) groups excluding carboxylic acids is 1. The van der Waals surface area contributed by atoms with Crippen LogP contribution in [0.15, 0.2) is 77.8 Å². The van der Waals surface area contributed by atoms with Crippen molar-refractivity contribution in [2.24, 2.45) is 0 Å². The molecule has 2 atom stereocenters. The maximum Gasteiger partial charge on any atom is 0.268 e. The van der Waals surface area contributed by atoms with Crippen LogP contribution in [0.4, 0.5) is 0 Å². The first kappa shape index (κ1) is 22.6. The van der Waals surface area contributed by atoms with Gasteiger partial charge in [-0.15, -0.1) is 0 Å². The van der Waals surface area contributed by atoms with Crippen LogP contribution in [-0.4, -0.2) is 36.9 Å². The summed E-state index contributed by atoms with van der Waals surface area (Å²) in [5, 5.41) is 4.84. The lowest BCUT2D eigenvalue weighted by atomic mass is 9.84. The predicted molar refractivity (Wildman–Crippen MR) is 141 cm³/mol. The minimum atomic E-state index is -3.86. The number of hydrogen-bond acceptors (Lipinski definition) is 3. The molecule has 0 bridgehead atoms. The molecule has 7 nitrogen and oxygen atoms in total. The highest BCUT2D eigenvalue weighted by Crippen LogP contribution is 2.40. The summed E-state index contributed by atoms with van der Waals surface area (Å²) in [6.07, 6.45) is 1.93. The van der Waals surface area contributed by atoms with Crippen LogP contribution in [0.25, 0.3) is 21.8 Å². The third kappa shape index (κ3) is 3.70. The van der Waals surface area contributed by atoms with Crippen molar-refractivity contribution in [2.75, 3.05) is 6.54 Å². The molecule has 0 spiro atoms. The van der Waals surface area contributed by atoms with Gasteiger partial charge in [0.05, 0.1) is 10.9 Å². The van der Waals surface area contributed by atoms with Crippen LogP contribution in [0, 0.1) is 13.8 Å². The smallest absolute Gasteiger partial charge is 0.268 e. The monoisotopic (exact) mass is 498 g/mol. The topological polar surface area (TPSA) is 107 Å². The first-order valence-corrected chi connectivity index (χ1v) is 13.4. The molecule has 182 valence electrons. The molecule has 1 aliphatic rings. The molecule has 0 saturated carbocycles. The van der Waals surface area contributed by atoms with Crippen LogP contribution in [0.2, 0.25) is 0 Å². The number of fused-ring (bicyclic) bond motifs is 4. The maximum absolute atomic E-state index is 13.5. The molecule has 0 unspecified atom stereocenters. The van der Waals surface area contributed by atoms with Crippen LogP contribution >= 0.6 is 0 Å². The molecule has 3 aromatic carbocycles. The van der Waals surface area contributed by atoms with Gasteiger partial charge in [-0.3, -0.25) is 4.79 Å². The maximum atomic E-state index is 13.5. The number of benzene rings is 3. The lowest BCUT2D eigenvalue weighted by Crippen LogP contribution is -2.45. The Morgan fingerprint density at radius 1 is 0.889 bits per heavy atom. The third-order valence-electron chi connectivity index (χ3n) is 7.01. The molecule has 2 aromatic heterocycles. The summed E-state index contributed by atoms with van der Waals surface area (Å²) >= 11 is 0. The number of nitrogens with one attached hydrogen (secondary N) is 4. The second-order valence-corrected chi connectivity index (χ2v) is 11.2. The average molecular weight is 499 g/mol. The van der Waals surface area contributed by atoms with E-state index in [1.807, 2.05) is 56.4 Å². The number of aryl methyl sites for hydroxylation is 2. The van der Waals surface area contributed by atoms with E-state index in [2.05, 4.69) is 26.1 Å². The van der Waals surface area contributed by atoms with E-state index in [9.17, 15) is 13.2 Å². The number of hydrogen-bond donors (Lipinski definition) is 4. The number of amides is 1. The molecule has 5 aromatic rings. The van der Waals surface area contributed by atoms with E-state index < -0.39 is 22.0 Å². The van der Waals surface area contributed by atoms with Crippen LogP contribution in [0.3, 0.4) is 0 Å². The molecule has 36 heavy (non-hydrogen) atoms. The Kier molecular flexibility index (Phi) is 5.24. The zero-order valence-electron chi connectivity index (χ0n) is 19.9. The fourth-order valence-corrected chi connectivity index (χ4v) is 6.50. The minimum Gasteiger partial charge on any atom is -0.361 e. The van der Waals surface area contributed by atoms with Gasteiger partial charge in [0.25, 0.3) is 5.91 Å². The van der Waals surface area contributed by atoms with Crippen molar-refractivity contribution in [3.05, 3.63) is 101 Å². The van der Waals surface area contributed by atoms with Gasteiger partial charge in [-0.25, -0.2) is 13.1 Å². The van der Waals surface area contributed by atoms with Gasteiger partial charge in [-0.05, 0) is 55.3 Å². The second kappa shape index (κ2) is 8.36. The van der Waals surface area contributed by atoms with E-state index in [1.54, 1.807) is 24.3 Å². The number of sulfonamides is 1. The second-order valence-electron chi connectivity index (χ2n) is 9.48. The molecule has 1 aliphatic heterocycles. The van der Waals surface area contributed by atoms with Crippen LogP contribution in [0.5, 0.6) is 0 Å². The quantitative estimate of drug-likeness (QED) is 0.293. The van der Waals surface area contributed by atoms with Crippen molar-refractivity contribution in [1.82, 2.24) is 20.0 Å². The Bertz CT molecular complexity index is 1730. The number of H-pyrrole nitrogens is 2. The zero-order valence-corrected chi connectivity index (χ0v) is 20.7. The summed E-state index contributed by atoms with van der Waals surface area (Å²) < 4.78 is 30.0. The summed E-state index contributed by atoms with van der Waals surface area (Å²) in [5.74, 6) is -0.676. The Labute approximate surface area is 209 Å². The van der Waals surface area contributed by atoms with Gasteiger partial charge in [0.15, 0.2) is 0 Å². The number of rotatable bonds is 4. The molecule has 8 heteroatoms. The molecule has 1 amide bonds. The summed E-state index contributed by atoms with van der Waals surface area (Å²) in [6.45, 7) is 4.09. The van der Waals surface area contributed by atoms with Crippen LogP contribution in [0.1, 0.15) is 38.7 Å². The van der Waals surface area contributed by atoms with E-state index in [0.29, 0.717) is 5.69 Å². The molecular formula is C28H26N4O3S. The van der Waals surface area contributed by atoms with Gasteiger partial charge in [-0.2, -0.15) is 0 Å². The van der Waals surface area contributed by atoms with Gasteiger partial charge in [-0.1, -0.05) is 47.5 Å². The molecule has 0 radical (unpaired) electrons. The van der Waals surface area contributed by atoms with Crippen LogP contribution in [-0.2, 0) is 10.0 Å². The highest BCUT2D eigenvalue weighted by Gasteiger charge is 2.38. The van der Waals surface area contributed by atoms with E-state index in [1.165, 1.54) is 0 Å². The lowest BCUT2D eigenvalue weighted by molar-refractivity contribution is 0.0950. The van der Waals surface area contributed by atoms with E-state index in [0.717, 1.165) is 44.1 Å². The van der Waals surface area contributed by atoms with Crippen molar-refractivity contribution in [3.8, 4) is 0 Å². The third-order valence-corrected chi connectivity index (χ3v) is 8.52. The summed E-state index contributed by atoms with van der Waals surface area (Å²) in [6, 6.07) is 20.1. The summed E-state index contributed by atoms with van der Waals surface area (Å²) in [5.41, 5.74) is 6.06. The minimum absolute atomic E-state index is 0.143. The molecule has 6 rings (SSSR count). The van der Waals surface area contributed by atoms with E-state index in [4.69, 9.17) is 0 Å². The Morgan fingerprint density at radius 3 is 2.44 bits per heavy atom. The van der Waals surface area contributed by atoms with Crippen molar-refractivity contribution in [3.63, 3.8) is 0 Å². The highest BCUT2D eigenvalue weighted by molar-refractivity contribution is 7.89. The number of aromatic nitrogens is 2. The predicted octanol–water partition coefficient (Wildman–Crippen LogP) is 4.49. The molecule has 0 fully saturated rings. The van der Waals surface area contributed by atoms with Gasteiger partial charge in [0, 0.05) is 40.5 Å². The number of carbonyl (C=O) groups is 1. The number of aromatic amines is 2. The largest absolute Gasteiger partial charge is 0.361 e. The molecule has 0 saturated heterocycles. The average Bonchev–Trinajstić information content (AvgIpc) is 3.41. The zero-order chi connectivity index (χ0) is 25.0. The Balaban J connectivity index is 1.57. The van der Waals surface area contributed by atoms with Gasteiger partial charge < -0.3 is 15.3 Å². The lowest BCUT2D eigenvalue weighted by Gasteiger charge is -2.27. The van der Waals surface area contributed by atoms with Crippen molar-refractivity contribution >= 4 is 37.7 Å². The SMILES string of the molecule is Cc1ccc(S(=O)(=O)N[C@H]2CNC(=O)c3[nH]c4ccccc4c3[C@@H]2c2c[nH]c3ccc(C)cc23)cc1. The normalized spacial score (nSPS) is 18.2. The number of para-hydroxylation sites is 1. The van der Waals surface area contributed by atoms with Gasteiger partial charge in [0.1, 0.15) is 5.69 Å². The first-order valence-electron chi connectivity index (χ1n) is 11.9. The van der Waals surface area contributed by atoms with Crippen LogP contribution < -0.4 is 10.0 Å². The molecule has 4 N–H and O–H groups in total. The molecular weight excluding hydrogens is 472 g/mol.